The van der Waals surface area contributed by atoms with E-state index in [1.54, 1.807) is 19.2 Å². The molecule has 1 aliphatic heterocycles. The summed E-state index contributed by atoms with van der Waals surface area (Å²) >= 11 is 0. The van der Waals surface area contributed by atoms with Crippen LogP contribution in [0.5, 0.6) is 5.75 Å². The second-order valence-electron chi connectivity index (χ2n) is 9.41. The number of ether oxygens (including phenoxy) is 1. The van der Waals surface area contributed by atoms with E-state index in [4.69, 9.17) is 4.74 Å². The number of methoxy groups -OCH3 is 1. The number of rotatable bonds is 7. The minimum Gasteiger partial charge on any atom is -0.497 e. The van der Waals surface area contributed by atoms with Gasteiger partial charge in [-0.3, -0.25) is 9.59 Å². The Morgan fingerprint density at radius 2 is 1.70 bits per heavy atom. The smallest absolute Gasteiger partial charge is 0.243 e. The lowest BCUT2D eigenvalue weighted by Crippen LogP contribution is -2.36. The van der Waals surface area contributed by atoms with Crippen molar-refractivity contribution in [2.75, 3.05) is 12.0 Å². The third-order valence-corrected chi connectivity index (χ3v) is 7.61. The van der Waals surface area contributed by atoms with Crippen LogP contribution < -0.4 is 9.64 Å². The minimum atomic E-state index is -0.448. The number of carbonyl (C=O) groups is 2. The maximum absolute atomic E-state index is 13.9. The number of benzene rings is 2. The Hall–Kier alpha value is -3.08. The lowest BCUT2D eigenvalue weighted by molar-refractivity contribution is -0.123. The van der Waals surface area contributed by atoms with Crippen molar-refractivity contribution < 1.29 is 14.3 Å². The molecule has 1 fully saturated rings. The fraction of sp³-hybridized carbons (Fsp3) is 0.429. The van der Waals surface area contributed by atoms with Crippen LogP contribution in [0.4, 0.5) is 5.69 Å². The van der Waals surface area contributed by atoms with Gasteiger partial charge in [0.1, 0.15) is 5.75 Å². The van der Waals surface area contributed by atoms with Gasteiger partial charge in [-0.25, -0.2) is 4.90 Å². The normalized spacial score (nSPS) is 24.3. The molecule has 33 heavy (non-hydrogen) atoms. The van der Waals surface area contributed by atoms with Gasteiger partial charge in [-0.2, -0.15) is 0 Å². The molecule has 0 spiro atoms. The molecule has 1 N–H and O–H groups in total. The second-order valence-corrected chi connectivity index (χ2v) is 9.41. The van der Waals surface area contributed by atoms with Gasteiger partial charge in [0.2, 0.25) is 11.8 Å². The number of imide groups is 1. The number of para-hydroxylation sites is 1. The molecule has 5 nitrogen and oxygen atoms in total. The summed E-state index contributed by atoms with van der Waals surface area (Å²) in [4.78, 5) is 32.8. The number of nitrogens with zero attached hydrogens (tertiary/aromatic N) is 1. The van der Waals surface area contributed by atoms with Crippen molar-refractivity contribution in [3.63, 3.8) is 0 Å². The molecule has 4 unspecified atom stereocenters. The van der Waals surface area contributed by atoms with Crippen LogP contribution in [0.3, 0.4) is 0 Å². The molecule has 3 aromatic rings. The lowest BCUT2D eigenvalue weighted by atomic mass is 9.63. The first-order chi connectivity index (χ1) is 16.1. The summed E-state index contributed by atoms with van der Waals surface area (Å²) in [5, 5.41) is 1.20. The van der Waals surface area contributed by atoms with Crippen molar-refractivity contribution in [3.8, 4) is 5.75 Å². The highest BCUT2D eigenvalue weighted by Gasteiger charge is 2.57. The Kier molecular flexibility index (Phi) is 5.73. The van der Waals surface area contributed by atoms with Crippen LogP contribution in [-0.2, 0) is 9.59 Å². The highest BCUT2D eigenvalue weighted by atomic mass is 16.5. The fourth-order valence-electron chi connectivity index (χ4n) is 6.20. The molecule has 5 heteroatoms. The Labute approximate surface area is 195 Å². The van der Waals surface area contributed by atoms with Crippen molar-refractivity contribution in [2.45, 2.75) is 57.8 Å². The van der Waals surface area contributed by atoms with Gasteiger partial charge in [0, 0.05) is 16.6 Å². The number of carbonyl (C=O) groups excluding carboxylic acids is 2. The Morgan fingerprint density at radius 3 is 2.39 bits per heavy atom. The second kappa shape index (κ2) is 8.69. The predicted molar refractivity (Wildman–Crippen MR) is 131 cm³/mol. The molecule has 172 valence electrons. The molecule has 2 aromatic carbocycles. The first-order valence-electron chi connectivity index (χ1n) is 12.2. The average molecular weight is 445 g/mol. The van der Waals surface area contributed by atoms with Crippen molar-refractivity contribution in [2.24, 2.45) is 11.8 Å². The third-order valence-electron chi connectivity index (χ3n) is 7.61. The SMILES string of the molecule is CCCCC1c2c([nH]c3ccccc23)C2C(=O)N(c3ccc(OC)cc3)C(=O)C2C1CCC. The first kappa shape index (κ1) is 21.7. The van der Waals surface area contributed by atoms with Gasteiger partial charge in [-0.15, -0.1) is 0 Å². The van der Waals surface area contributed by atoms with Gasteiger partial charge in [0.05, 0.1) is 24.6 Å². The van der Waals surface area contributed by atoms with E-state index in [1.165, 1.54) is 15.8 Å². The number of anilines is 1. The van der Waals surface area contributed by atoms with Crippen LogP contribution in [0.1, 0.15) is 69.0 Å². The predicted octanol–water partition coefficient (Wildman–Crippen LogP) is 6.15. The Bertz CT molecular complexity index is 1180. The van der Waals surface area contributed by atoms with E-state index < -0.39 is 5.92 Å². The van der Waals surface area contributed by atoms with E-state index in [0.29, 0.717) is 11.4 Å². The highest BCUT2D eigenvalue weighted by Crippen LogP contribution is 2.56. The fourth-order valence-corrected chi connectivity index (χ4v) is 6.20. The minimum absolute atomic E-state index is 0.0561. The zero-order valence-electron chi connectivity index (χ0n) is 19.6. The van der Waals surface area contributed by atoms with E-state index >= 15 is 0 Å². The molecule has 2 aliphatic rings. The molecule has 0 saturated carbocycles. The maximum Gasteiger partial charge on any atom is 0.243 e. The van der Waals surface area contributed by atoms with Crippen LogP contribution in [-0.4, -0.2) is 23.9 Å². The summed E-state index contributed by atoms with van der Waals surface area (Å²) < 4.78 is 5.27. The number of aromatic amines is 1. The molecule has 1 saturated heterocycles. The van der Waals surface area contributed by atoms with Gasteiger partial charge < -0.3 is 9.72 Å². The van der Waals surface area contributed by atoms with Crippen LogP contribution in [0.25, 0.3) is 10.9 Å². The first-order valence-corrected chi connectivity index (χ1v) is 12.2. The largest absolute Gasteiger partial charge is 0.497 e. The number of amides is 2. The number of unbranched alkanes of at least 4 members (excludes halogenated alkanes) is 1. The Balaban J connectivity index is 1.67. The number of H-pyrrole nitrogens is 1. The number of hydrogen-bond acceptors (Lipinski definition) is 3. The number of fused-ring (bicyclic) bond motifs is 5. The topological polar surface area (TPSA) is 62.4 Å². The molecule has 0 bridgehead atoms. The molecular weight excluding hydrogens is 412 g/mol. The van der Waals surface area contributed by atoms with Crippen molar-refractivity contribution in [1.29, 1.82) is 0 Å². The van der Waals surface area contributed by atoms with E-state index in [2.05, 4.69) is 37.0 Å². The summed E-state index contributed by atoms with van der Waals surface area (Å²) in [7, 11) is 1.61. The summed E-state index contributed by atoms with van der Waals surface area (Å²) in [6, 6.07) is 15.6. The maximum atomic E-state index is 13.9. The molecule has 4 atom stereocenters. The molecule has 2 amide bonds. The molecule has 2 heterocycles. The van der Waals surface area contributed by atoms with Gasteiger partial charge in [-0.1, -0.05) is 51.3 Å². The van der Waals surface area contributed by atoms with E-state index in [0.717, 1.165) is 43.3 Å². The zero-order valence-corrected chi connectivity index (χ0v) is 19.6. The molecular formula is C28H32N2O3. The molecule has 0 radical (unpaired) electrons. The highest BCUT2D eigenvalue weighted by molar-refractivity contribution is 6.24. The summed E-state index contributed by atoms with van der Waals surface area (Å²) in [5.41, 5.74) is 3.92. The molecule has 1 aliphatic carbocycles. The number of hydrogen-bond donors (Lipinski definition) is 1. The number of nitrogens with one attached hydrogen (secondary N) is 1. The van der Waals surface area contributed by atoms with Crippen LogP contribution in [0.2, 0.25) is 0 Å². The summed E-state index contributed by atoms with van der Waals surface area (Å²) in [6.45, 7) is 4.39. The van der Waals surface area contributed by atoms with Gasteiger partial charge in [-0.05, 0) is 60.6 Å². The average Bonchev–Trinajstić information content (AvgIpc) is 3.34. The van der Waals surface area contributed by atoms with Gasteiger partial charge in [0.25, 0.3) is 0 Å². The van der Waals surface area contributed by atoms with Crippen LogP contribution >= 0.6 is 0 Å². The Morgan fingerprint density at radius 1 is 0.939 bits per heavy atom. The summed E-state index contributed by atoms with van der Waals surface area (Å²) in [5.74, 6) is 0.218. The standard InChI is InChI=1S/C28H32N2O3/c1-4-6-10-20-19(9-5-2)24-25(26-23(20)21-11-7-8-12-22(21)29-26)28(32)30(27(24)31)17-13-15-18(33-3)16-14-17/h7-8,11-16,19-20,24-25,29H,4-6,9-10H2,1-3H3. The summed E-state index contributed by atoms with van der Waals surface area (Å²) in [6.07, 6.45) is 5.23. The van der Waals surface area contributed by atoms with Crippen LogP contribution in [0, 0.1) is 11.8 Å². The third kappa shape index (κ3) is 3.36. The van der Waals surface area contributed by atoms with Gasteiger partial charge in [0.15, 0.2) is 0 Å². The molecule has 5 rings (SSSR count). The van der Waals surface area contributed by atoms with E-state index in [9.17, 15) is 9.59 Å². The molecule has 1 aromatic heterocycles. The van der Waals surface area contributed by atoms with Crippen LogP contribution in [0.15, 0.2) is 48.5 Å². The number of aromatic nitrogens is 1. The van der Waals surface area contributed by atoms with Crippen molar-refractivity contribution in [3.05, 3.63) is 59.8 Å². The van der Waals surface area contributed by atoms with E-state index in [1.807, 2.05) is 18.2 Å². The van der Waals surface area contributed by atoms with Gasteiger partial charge >= 0.3 is 0 Å². The quantitative estimate of drug-likeness (QED) is 0.444. The monoisotopic (exact) mass is 444 g/mol. The van der Waals surface area contributed by atoms with Crippen molar-refractivity contribution >= 4 is 28.4 Å². The van der Waals surface area contributed by atoms with Crippen molar-refractivity contribution in [1.82, 2.24) is 4.98 Å². The zero-order chi connectivity index (χ0) is 23.1. The van der Waals surface area contributed by atoms with E-state index in [-0.39, 0.29) is 29.6 Å². The lowest BCUT2D eigenvalue weighted by Gasteiger charge is -2.38.